The van der Waals surface area contributed by atoms with Crippen molar-refractivity contribution in [3.05, 3.63) is 35.9 Å². The molecule has 1 aromatic rings. The molecule has 9 nitrogen and oxygen atoms in total. The van der Waals surface area contributed by atoms with Gasteiger partial charge in [0.1, 0.15) is 0 Å². The number of carbonyl (C=O) groups excluding carboxylic acids is 2. The van der Waals surface area contributed by atoms with Gasteiger partial charge in [-0.3, -0.25) is 9.59 Å². The van der Waals surface area contributed by atoms with Gasteiger partial charge in [-0.15, -0.1) is 0 Å². The Morgan fingerprint density at radius 2 is 1.81 bits per heavy atom. The molecule has 210 valence electrons. The Kier molecular flexibility index (Phi) is 12.0. The van der Waals surface area contributed by atoms with Crippen LogP contribution in [0.15, 0.2) is 30.3 Å². The van der Waals surface area contributed by atoms with Crippen LogP contribution >= 0.6 is 0 Å². The molecule has 2 amide bonds. The average Bonchev–Trinajstić information content (AvgIpc) is 2.80. The van der Waals surface area contributed by atoms with Crippen molar-refractivity contribution >= 4 is 22.5 Å². The van der Waals surface area contributed by atoms with Gasteiger partial charge in [-0.2, -0.15) is 17.4 Å². The highest BCUT2D eigenvalue weighted by Crippen LogP contribution is 2.25. The second-order valence-electron chi connectivity index (χ2n) is 11.6. The van der Waals surface area contributed by atoms with Crippen LogP contribution in [0.5, 0.6) is 0 Å². The summed E-state index contributed by atoms with van der Waals surface area (Å²) in [6, 6.07) is 8.54. The van der Waals surface area contributed by atoms with E-state index in [9.17, 15) is 23.1 Å². The largest absolute Gasteiger partial charge is 0.390 e. The molecule has 1 aliphatic rings. The van der Waals surface area contributed by atoms with E-state index < -0.39 is 33.8 Å². The van der Waals surface area contributed by atoms with Crippen molar-refractivity contribution in [2.24, 2.45) is 11.8 Å². The molecule has 0 aliphatic heterocycles. The lowest BCUT2D eigenvalue weighted by Gasteiger charge is -2.34. The Balaban J connectivity index is 2.28. The van der Waals surface area contributed by atoms with E-state index in [2.05, 4.69) is 15.4 Å². The Bertz CT molecular complexity index is 949. The highest BCUT2D eigenvalue weighted by molar-refractivity contribution is 7.87. The Morgan fingerprint density at radius 1 is 1.16 bits per heavy atom. The van der Waals surface area contributed by atoms with Crippen molar-refractivity contribution in [1.29, 1.82) is 0 Å². The minimum absolute atomic E-state index is 0.156. The number of rotatable bonds is 14. The van der Waals surface area contributed by atoms with Gasteiger partial charge in [0.25, 0.3) is 10.2 Å². The molecule has 4 N–H and O–H groups in total. The van der Waals surface area contributed by atoms with Crippen LogP contribution in [0, 0.1) is 11.8 Å². The van der Waals surface area contributed by atoms with E-state index >= 15 is 0 Å². The maximum atomic E-state index is 13.4. The zero-order valence-corrected chi connectivity index (χ0v) is 23.8. The van der Waals surface area contributed by atoms with Crippen LogP contribution in [0.2, 0.25) is 0 Å². The summed E-state index contributed by atoms with van der Waals surface area (Å²) in [5.74, 6) is -0.353. The predicted molar refractivity (Wildman–Crippen MR) is 146 cm³/mol. The number of hydrogen-bond donors (Lipinski definition) is 4. The first-order chi connectivity index (χ1) is 17.3. The number of aliphatic hydroxyl groups is 1. The average molecular weight is 539 g/mol. The van der Waals surface area contributed by atoms with Crippen LogP contribution in [0.3, 0.4) is 0 Å². The molecule has 10 heteroatoms. The number of hydrogen-bond acceptors (Lipinski definition) is 5. The summed E-state index contributed by atoms with van der Waals surface area (Å²) in [6.07, 6.45) is 3.67. The molecular formula is C27H46N4O5S. The SMILES string of the molecule is CC(C)CCN(CC(O)C(Cc1ccccc1)NC(=O)C1CCCCC1NC=O)S(=O)(=O)NC(C)(C)C. The highest BCUT2D eigenvalue weighted by Gasteiger charge is 2.35. The fourth-order valence-corrected chi connectivity index (χ4v) is 6.27. The maximum Gasteiger partial charge on any atom is 0.280 e. The van der Waals surface area contributed by atoms with Gasteiger partial charge in [0.15, 0.2) is 0 Å². The molecule has 4 atom stereocenters. The highest BCUT2D eigenvalue weighted by atomic mass is 32.2. The molecule has 1 aliphatic carbocycles. The minimum atomic E-state index is -3.88. The second-order valence-corrected chi connectivity index (χ2v) is 13.2. The zero-order chi connectivity index (χ0) is 27.6. The molecular weight excluding hydrogens is 492 g/mol. The van der Waals surface area contributed by atoms with E-state index in [-0.39, 0.29) is 31.0 Å². The first kappa shape index (κ1) is 31.2. The van der Waals surface area contributed by atoms with Gasteiger partial charge in [0.05, 0.1) is 18.1 Å². The molecule has 0 heterocycles. The summed E-state index contributed by atoms with van der Waals surface area (Å²) in [5.41, 5.74) is 0.237. The number of aliphatic hydroxyl groups excluding tert-OH is 1. The Morgan fingerprint density at radius 3 is 2.41 bits per heavy atom. The molecule has 4 unspecified atom stereocenters. The van der Waals surface area contributed by atoms with E-state index in [1.807, 2.05) is 44.2 Å². The number of amides is 2. The lowest BCUT2D eigenvalue weighted by atomic mass is 9.83. The van der Waals surface area contributed by atoms with Gasteiger partial charge in [-0.25, -0.2) is 0 Å². The lowest BCUT2D eigenvalue weighted by molar-refractivity contribution is -0.128. The number of benzene rings is 1. The fourth-order valence-electron chi connectivity index (χ4n) is 4.67. The predicted octanol–water partition coefficient (Wildman–Crippen LogP) is 2.36. The zero-order valence-electron chi connectivity index (χ0n) is 22.9. The Hall–Kier alpha value is -2.01. The van der Waals surface area contributed by atoms with Gasteiger partial charge in [0.2, 0.25) is 12.3 Å². The van der Waals surface area contributed by atoms with Gasteiger partial charge in [-0.05, 0) is 57.9 Å². The van der Waals surface area contributed by atoms with Crippen LogP contribution in [0.1, 0.15) is 72.3 Å². The molecule has 37 heavy (non-hydrogen) atoms. The van der Waals surface area contributed by atoms with Gasteiger partial charge in [0, 0.05) is 24.7 Å². The van der Waals surface area contributed by atoms with Gasteiger partial charge >= 0.3 is 0 Å². The van der Waals surface area contributed by atoms with E-state index in [4.69, 9.17) is 0 Å². The molecule has 1 saturated carbocycles. The van der Waals surface area contributed by atoms with E-state index in [0.717, 1.165) is 24.8 Å². The third-order valence-corrected chi connectivity index (χ3v) is 8.48. The maximum absolute atomic E-state index is 13.4. The molecule has 0 bridgehead atoms. The van der Waals surface area contributed by atoms with Crippen LogP contribution in [0.4, 0.5) is 0 Å². The van der Waals surface area contributed by atoms with Crippen LogP contribution in [0.25, 0.3) is 0 Å². The summed E-state index contributed by atoms with van der Waals surface area (Å²) < 4.78 is 30.4. The first-order valence-corrected chi connectivity index (χ1v) is 14.8. The van der Waals surface area contributed by atoms with Gasteiger partial charge in [-0.1, -0.05) is 57.0 Å². The lowest BCUT2D eigenvalue weighted by Crippen LogP contribution is -2.56. The van der Waals surface area contributed by atoms with E-state index in [0.29, 0.717) is 25.7 Å². The number of nitrogens with zero attached hydrogens (tertiary/aromatic N) is 1. The molecule has 1 aromatic carbocycles. The molecule has 2 rings (SSSR count). The Labute approximate surface area is 223 Å². The quantitative estimate of drug-likeness (QED) is 0.271. The number of carbonyl (C=O) groups is 2. The number of nitrogens with one attached hydrogen (secondary N) is 3. The summed E-state index contributed by atoms with van der Waals surface area (Å²) in [6.45, 7) is 9.45. The van der Waals surface area contributed by atoms with Crippen molar-refractivity contribution in [3.63, 3.8) is 0 Å². The van der Waals surface area contributed by atoms with Crippen LogP contribution in [-0.2, 0) is 26.2 Å². The normalized spacial score (nSPS) is 20.4. The second kappa shape index (κ2) is 14.2. The van der Waals surface area contributed by atoms with Crippen molar-refractivity contribution in [3.8, 4) is 0 Å². The monoisotopic (exact) mass is 538 g/mol. The minimum Gasteiger partial charge on any atom is -0.390 e. The smallest absolute Gasteiger partial charge is 0.280 e. The summed E-state index contributed by atoms with van der Waals surface area (Å²) >= 11 is 0. The topological polar surface area (TPSA) is 128 Å². The molecule has 0 radical (unpaired) electrons. The molecule has 0 saturated heterocycles. The fraction of sp³-hybridized carbons (Fsp3) is 0.704. The first-order valence-electron chi connectivity index (χ1n) is 13.3. The molecule has 1 fully saturated rings. The van der Waals surface area contributed by atoms with Crippen LogP contribution in [-0.4, -0.2) is 67.0 Å². The van der Waals surface area contributed by atoms with Crippen molar-refractivity contribution < 1.29 is 23.1 Å². The van der Waals surface area contributed by atoms with Crippen molar-refractivity contribution in [2.75, 3.05) is 13.1 Å². The summed E-state index contributed by atoms with van der Waals surface area (Å²) in [5, 5.41) is 17.1. The molecule has 0 spiro atoms. The third kappa shape index (κ3) is 10.7. The summed E-state index contributed by atoms with van der Waals surface area (Å²) in [7, 11) is -3.88. The van der Waals surface area contributed by atoms with Crippen molar-refractivity contribution in [1.82, 2.24) is 19.7 Å². The summed E-state index contributed by atoms with van der Waals surface area (Å²) in [4.78, 5) is 24.4. The van der Waals surface area contributed by atoms with Crippen LogP contribution < -0.4 is 15.4 Å². The van der Waals surface area contributed by atoms with Gasteiger partial charge < -0.3 is 15.7 Å². The molecule has 0 aromatic heterocycles. The van der Waals surface area contributed by atoms with E-state index in [1.165, 1.54) is 4.31 Å². The van der Waals surface area contributed by atoms with E-state index in [1.54, 1.807) is 20.8 Å². The standard InChI is InChI=1S/C27H46N4O5S/c1-20(2)15-16-31(37(35,36)30-27(3,4)5)18-25(33)24(17-21-11-7-6-8-12-21)29-26(34)22-13-9-10-14-23(22)28-19-32/h6-8,11-12,19-20,22-25,30,33H,9-10,13-18H2,1-5H3,(H,28,32)(H,29,34). The van der Waals surface area contributed by atoms with Crippen molar-refractivity contribution in [2.45, 2.75) is 96.9 Å². The third-order valence-electron chi connectivity index (χ3n) is 6.60.